The van der Waals surface area contributed by atoms with Crippen LogP contribution in [0.1, 0.15) is 69.2 Å². The van der Waals surface area contributed by atoms with E-state index in [1.54, 1.807) is 11.3 Å². The van der Waals surface area contributed by atoms with E-state index in [1.807, 2.05) is 6.07 Å². The summed E-state index contributed by atoms with van der Waals surface area (Å²) in [6.45, 7) is 3.33. The molecule has 1 aromatic heterocycles. The van der Waals surface area contributed by atoms with E-state index in [1.165, 1.54) is 56.2 Å². The van der Waals surface area contributed by atoms with E-state index in [0.717, 1.165) is 16.8 Å². The first kappa shape index (κ1) is 15.3. The molecule has 1 saturated carbocycles. The van der Waals surface area contributed by atoms with Crippen LogP contribution in [0.4, 0.5) is 0 Å². The summed E-state index contributed by atoms with van der Waals surface area (Å²) < 4.78 is 0.913. The Morgan fingerprint density at radius 2 is 2.11 bits per heavy atom. The Bertz CT molecular complexity index is 357. The standard InChI is InChI=1S/C16H26ClNS/c1-2-12-18-14(15-10-11-16(17)19-15)9-8-13-6-4-3-5-7-13/h10-11,13-14,18H,2-9,12H2,1H3. The highest BCUT2D eigenvalue weighted by atomic mass is 35.5. The van der Waals surface area contributed by atoms with Crippen LogP contribution in [0, 0.1) is 5.92 Å². The average Bonchev–Trinajstić information content (AvgIpc) is 2.86. The van der Waals surface area contributed by atoms with E-state index in [-0.39, 0.29) is 0 Å². The molecule has 0 saturated heterocycles. The fourth-order valence-electron chi connectivity index (χ4n) is 3.06. The van der Waals surface area contributed by atoms with Crippen molar-refractivity contribution < 1.29 is 0 Å². The Kier molecular flexibility index (Phi) is 6.69. The maximum absolute atomic E-state index is 6.08. The zero-order valence-electron chi connectivity index (χ0n) is 12.0. The van der Waals surface area contributed by atoms with Gasteiger partial charge in [0.2, 0.25) is 0 Å². The number of nitrogens with one attached hydrogen (secondary N) is 1. The lowest BCUT2D eigenvalue weighted by molar-refractivity contribution is 0.315. The predicted molar refractivity (Wildman–Crippen MR) is 86.2 cm³/mol. The summed E-state index contributed by atoms with van der Waals surface area (Å²) >= 11 is 7.81. The zero-order valence-corrected chi connectivity index (χ0v) is 13.5. The summed E-state index contributed by atoms with van der Waals surface area (Å²) in [5.41, 5.74) is 0. The van der Waals surface area contributed by atoms with Gasteiger partial charge in [-0.05, 0) is 43.9 Å². The van der Waals surface area contributed by atoms with Crippen LogP contribution in [0.2, 0.25) is 4.34 Å². The number of thiophene rings is 1. The topological polar surface area (TPSA) is 12.0 Å². The molecule has 19 heavy (non-hydrogen) atoms. The molecule has 3 heteroatoms. The van der Waals surface area contributed by atoms with Crippen LogP contribution >= 0.6 is 22.9 Å². The van der Waals surface area contributed by atoms with Gasteiger partial charge in [0.15, 0.2) is 0 Å². The number of hydrogen-bond donors (Lipinski definition) is 1. The minimum absolute atomic E-state index is 0.513. The van der Waals surface area contributed by atoms with E-state index < -0.39 is 0 Å². The van der Waals surface area contributed by atoms with Crippen molar-refractivity contribution in [3.05, 3.63) is 21.3 Å². The van der Waals surface area contributed by atoms with Gasteiger partial charge >= 0.3 is 0 Å². The van der Waals surface area contributed by atoms with E-state index in [4.69, 9.17) is 11.6 Å². The molecule has 1 unspecified atom stereocenters. The van der Waals surface area contributed by atoms with E-state index in [9.17, 15) is 0 Å². The molecule has 2 rings (SSSR count). The summed E-state index contributed by atoms with van der Waals surface area (Å²) in [6.07, 6.45) is 11.1. The Labute approximate surface area is 126 Å². The highest BCUT2D eigenvalue weighted by Gasteiger charge is 2.18. The molecule has 108 valence electrons. The Morgan fingerprint density at radius 1 is 1.32 bits per heavy atom. The Morgan fingerprint density at radius 3 is 2.74 bits per heavy atom. The second-order valence-corrected chi connectivity index (χ2v) is 7.48. The molecule has 1 fully saturated rings. The third kappa shape index (κ3) is 5.09. The number of halogens is 1. The minimum atomic E-state index is 0.513. The summed E-state index contributed by atoms with van der Waals surface area (Å²) in [6, 6.07) is 4.74. The van der Waals surface area contributed by atoms with E-state index in [0.29, 0.717) is 6.04 Å². The SMILES string of the molecule is CCCNC(CCC1CCCCC1)c1ccc(Cl)s1. The lowest BCUT2D eigenvalue weighted by Gasteiger charge is -2.24. The minimum Gasteiger partial charge on any atom is -0.309 e. The monoisotopic (exact) mass is 299 g/mol. The first-order valence-corrected chi connectivity index (χ1v) is 8.97. The van der Waals surface area contributed by atoms with Gasteiger partial charge in [-0.3, -0.25) is 0 Å². The maximum Gasteiger partial charge on any atom is 0.0931 e. The Balaban J connectivity index is 1.86. The second-order valence-electron chi connectivity index (χ2n) is 5.73. The molecule has 1 N–H and O–H groups in total. The van der Waals surface area contributed by atoms with Gasteiger partial charge < -0.3 is 5.32 Å². The highest BCUT2D eigenvalue weighted by Crippen LogP contribution is 2.33. The molecule has 1 heterocycles. The molecular formula is C16H26ClNS. The maximum atomic E-state index is 6.08. The van der Waals surface area contributed by atoms with Crippen molar-refractivity contribution in [3.8, 4) is 0 Å². The van der Waals surface area contributed by atoms with Crippen LogP contribution in [0.15, 0.2) is 12.1 Å². The number of rotatable bonds is 7. The van der Waals surface area contributed by atoms with Gasteiger partial charge in [-0.25, -0.2) is 0 Å². The van der Waals surface area contributed by atoms with Crippen molar-refractivity contribution in [2.75, 3.05) is 6.54 Å². The van der Waals surface area contributed by atoms with Gasteiger partial charge in [0, 0.05) is 10.9 Å². The van der Waals surface area contributed by atoms with Crippen LogP contribution in [-0.4, -0.2) is 6.54 Å². The Hall–Kier alpha value is -0.0500. The fourth-order valence-corrected chi connectivity index (χ4v) is 4.23. The quantitative estimate of drug-likeness (QED) is 0.670. The van der Waals surface area contributed by atoms with E-state index in [2.05, 4.69) is 18.3 Å². The molecular weight excluding hydrogens is 274 g/mol. The third-order valence-corrected chi connectivity index (χ3v) is 5.51. The number of hydrogen-bond acceptors (Lipinski definition) is 2. The van der Waals surface area contributed by atoms with E-state index >= 15 is 0 Å². The predicted octanol–water partition coefficient (Wildman–Crippen LogP) is 5.80. The zero-order chi connectivity index (χ0) is 13.5. The van der Waals surface area contributed by atoms with Crippen molar-refractivity contribution in [2.24, 2.45) is 5.92 Å². The summed E-state index contributed by atoms with van der Waals surface area (Å²) in [5.74, 6) is 0.968. The van der Waals surface area contributed by atoms with Gasteiger partial charge in [0.05, 0.1) is 4.34 Å². The molecule has 0 aliphatic heterocycles. The average molecular weight is 300 g/mol. The molecule has 1 nitrogen and oxygen atoms in total. The highest BCUT2D eigenvalue weighted by molar-refractivity contribution is 7.16. The molecule has 1 aliphatic carbocycles. The summed E-state index contributed by atoms with van der Waals surface area (Å²) in [7, 11) is 0. The van der Waals surface area contributed by atoms with Crippen molar-refractivity contribution in [1.29, 1.82) is 0 Å². The molecule has 0 amide bonds. The van der Waals surface area contributed by atoms with Crippen molar-refractivity contribution >= 4 is 22.9 Å². The van der Waals surface area contributed by atoms with Crippen LogP contribution in [-0.2, 0) is 0 Å². The molecule has 0 radical (unpaired) electrons. The lowest BCUT2D eigenvalue weighted by Crippen LogP contribution is -2.22. The smallest absolute Gasteiger partial charge is 0.0931 e. The first-order valence-electron chi connectivity index (χ1n) is 7.78. The molecule has 1 atom stereocenters. The molecule has 1 aromatic rings. The van der Waals surface area contributed by atoms with Crippen molar-refractivity contribution in [2.45, 2.75) is 64.3 Å². The normalized spacial score (nSPS) is 18.6. The van der Waals surface area contributed by atoms with Crippen LogP contribution in [0.5, 0.6) is 0 Å². The van der Waals surface area contributed by atoms with Gasteiger partial charge in [0.1, 0.15) is 0 Å². The largest absolute Gasteiger partial charge is 0.309 e. The third-order valence-electron chi connectivity index (χ3n) is 4.17. The van der Waals surface area contributed by atoms with Gasteiger partial charge in [-0.2, -0.15) is 0 Å². The van der Waals surface area contributed by atoms with Crippen molar-refractivity contribution in [1.82, 2.24) is 5.32 Å². The van der Waals surface area contributed by atoms with Gasteiger partial charge in [-0.15, -0.1) is 11.3 Å². The van der Waals surface area contributed by atoms with Crippen LogP contribution in [0.3, 0.4) is 0 Å². The lowest BCUT2D eigenvalue weighted by atomic mass is 9.85. The first-order chi connectivity index (χ1) is 9.29. The summed E-state index contributed by atoms with van der Waals surface area (Å²) in [4.78, 5) is 1.41. The van der Waals surface area contributed by atoms with Gasteiger partial charge in [-0.1, -0.05) is 50.6 Å². The molecule has 0 aromatic carbocycles. The van der Waals surface area contributed by atoms with Crippen LogP contribution < -0.4 is 5.32 Å². The fraction of sp³-hybridized carbons (Fsp3) is 0.750. The molecule has 0 bridgehead atoms. The summed E-state index contributed by atoms with van der Waals surface area (Å²) in [5, 5.41) is 3.69. The second kappa shape index (κ2) is 8.28. The van der Waals surface area contributed by atoms with Crippen LogP contribution in [0.25, 0.3) is 0 Å². The molecule has 0 spiro atoms. The van der Waals surface area contributed by atoms with Gasteiger partial charge in [0.25, 0.3) is 0 Å². The molecule has 1 aliphatic rings. The van der Waals surface area contributed by atoms with Crippen molar-refractivity contribution in [3.63, 3.8) is 0 Å².